The number of likely N-dealkylation sites (tertiary alicyclic amines) is 2. The number of rotatable bonds is 6. The number of nitrogens with one attached hydrogen (secondary N) is 1. The lowest BCUT2D eigenvalue weighted by molar-refractivity contribution is -0.210. The van der Waals surface area contributed by atoms with Gasteiger partial charge in [0.1, 0.15) is 0 Å². The fourth-order valence-electron chi connectivity index (χ4n) is 4.04. The van der Waals surface area contributed by atoms with Crippen molar-refractivity contribution in [3.8, 4) is 0 Å². The van der Waals surface area contributed by atoms with Crippen LogP contribution in [0.15, 0.2) is 0 Å². The highest BCUT2D eigenvalue weighted by atomic mass is 19.4. The summed E-state index contributed by atoms with van der Waals surface area (Å²) in [7, 11) is 0.985. The van der Waals surface area contributed by atoms with Crippen LogP contribution < -0.4 is 5.32 Å². The Hall–Kier alpha value is -1.55. The Kier molecular flexibility index (Phi) is 9.01. The maximum Gasteiger partial charge on any atom is 0.416 e. The lowest BCUT2D eigenvalue weighted by Gasteiger charge is -2.37. The molecule has 29 heavy (non-hydrogen) atoms. The third-order valence-electron chi connectivity index (χ3n) is 5.75. The van der Waals surface area contributed by atoms with Crippen LogP contribution in [0, 0.1) is 5.92 Å². The molecular formula is C19H32F3N3O4. The summed E-state index contributed by atoms with van der Waals surface area (Å²) in [5.41, 5.74) is 0. The first-order chi connectivity index (χ1) is 13.8. The summed E-state index contributed by atoms with van der Waals surface area (Å²) in [5, 5.41) is 2.38. The molecule has 0 aromatic heterocycles. The molecule has 2 heterocycles. The van der Waals surface area contributed by atoms with Gasteiger partial charge in [0, 0.05) is 32.2 Å². The molecule has 168 valence electrons. The zero-order chi connectivity index (χ0) is 21.4. The summed E-state index contributed by atoms with van der Waals surface area (Å²) < 4.78 is 47.6. The van der Waals surface area contributed by atoms with Gasteiger partial charge in [0.25, 0.3) is 0 Å². The van der Waals surface area contributed by atoms with E-state index in [-0.39, 0.29) is 17.9 Å². The molecule has 2 atom stereocenters. The molecule has 0 spiro atoms. The normalized spacial score (nSPS) is 23.3. The van der Waals surface area contributed by atoms with E-state index >= 15 is 0 Å². The van der Waals surface area contributed by atoms with Crippen LogP contribution in [0.4, 0.5) is 18.0 Å². The molecule has 7 nitrogen and oxygen atoms in total. The van der Waals surface area contributed by atoms with Crippen LogP contribution in [0.25, 0.3) is 0 Å². The summed E-state index contributed by atoms with van der Waals surface area (Å²) in [6.45, 7) is 4.39. The Balaban J connectivity index is 1.75. The van der Waals surface area contributed by atoms with Crippen molar-refractivity contribution in [2.24, 2.45) is 5.92 Å². The minimum Gasteiger partial charge on any atom is -0.450 e. The molecule has 2 amide bonds. The van der Waals surface area contributed by atoms with E-state index < -0.39 is 18.8 Å². The molecule has 2 aliphatic rings. The lowest BCUT2D eigenvalue weighted by Crippen LogP contribution is -2.47. The molecule has 10 heteroatoms. The van der Waals surface area contributed by atoms with Crippen LogP contribution in [0.1, 0.15) is 39.0 Å². The Morgan fingerprint density at radius 2 is 1.79 bits per heavy atom. The number of carbonyl (C=O) groups excluding carboxylic acids is 2. The molecule has 2 fully saturated rings. The second-order valence-corrected chi connectivity index (χ2v) is 7.59. The van der Waals surface area contributed by atoms with E-state index in [2.05, 4.69) is 15.0 Å². The average Bonchev–Trinajstić information content (AvgIpc) is 2.94. The number of alkyl halides is 3. The number of hydrogen-bond acceptors (Lipinski definition) is 5. The first-order valence-corrected chi connectivity index (χ1v) is 10.3. The van der Waals surface area contributed by atoms with Gasteiger partial charge in [0.2, 0.25) is 5.91 Å². The predicted molar refractivity (Wildman–Crippen MR) is 100 cm³/mol. The average molecular weight is 423 g/mol. The number of methoxy groups -OCH3 is 1. The highest BCUT2D eigenvalue weighted by Crippen LogP contribution is 2.25. The van der Waals surface area contributed by atoms with Gasteiger partial charge in [-0.2, -0.15) is 13.2 Å². The Labute approximate surface area is 169 Å². The highest BCUT2D eigenvalue weighted by Gasteiger charge is 2.40. The quantitative estimate of drug-likeness (QED) is 0.711. The molecule has 0 aliphatic carbocycles. The summed E-state index contributed by atoms with van der Waals surface area (Å²) in [6, 6.07) is 0.349. The van der Waals surface area contributed by atoms with Gasteiger partial charge in [-0.15, -0.1) is 0 Å². The van der Waals surface area contributed by atoms with Crippen molar-refractivity contribution in [2.45, 2.75) is 57.3 Å². The van der Waals surface area contributed by atoms with E-state index in [4.69, 9.17) is 4.74 Å². The maximum absolute atomic E-state index is 12.7. The molecule has 0 radical (unpaired) electrons. The largest absolute Gasteiger partial charge is 0.450 e. The van der Waals surface area contributed by atoms with E-state index in [1.54, 1.807) is 11.8 Å². The fourth-order valence-corrected chi connectivity index (χ4v) is 4.04. The first-order valence-electron chi connectivity index (χ1n) is 10.3. The van der Waals surface area contributed by atoms with Gasteiger partial charge in [-0.3, -0.25) is 4.79 Å². The van der Waals surface area contributed by atoms with Crippen molar-refractivity contribution in [3.63, 3.8) is 0 Å². The van der Waals surface area contributed by atoms with Crippen molar-refractivity contribution in [1.29, 1.82) is 0 Å². The van der Waals surface area contributed by atoms with Gasteiger partial charge in [-0.25, -0.2) is 4.79 Å². The number of amides is 2. The van der Waals surface area contributed by atoms with Gasteiger partial charge in [-0.05, 0) is 52.1 Å². The molecule has 2 aliphatic heterocycles. The molecule has 2 rings (SSSR count). The monoisotopic (exact) mass is 423 g/mol. The van der Waals surface area contributed by atoms with Gasteiger partial charge >= 0.3 is 12.3 Å². The Bertz CT molecular complexity index is 539. The van der Waals surface area contributed by atoms with E-state index in [9.17, 15) is 22.8 Å². The Morgan fingerprint density at radius 1 is 1.10 bits per heavy atom. The third-order valence-corrected chi connectivity index (χ3v) is 5.75. The number of ether oxygens (including phenoxy) is 2. The van der Waals surface area contributed by atoms with Crippen LogP contribution in [0.5, 0.6) is 0 Å². The van der Waals surface area contributed by atoms with Crippen molar-refractivity contribution >= 4 is 12.0 Å². The van der Waals surface area contributed by atoms with Crippen molar-refractivity contribution in [3.05, 3.63) is 0 Å². The van der Waals surface area contributed by atoms with Crippen LogP contribution >= 0.6 is 0 Å². The van der Waals surface area contributed by atoms with Gasteiger partial charge < -0.3 is 24.6 Å². The minimum absolute atomic E-state index is 0.267. The molecule has 1 N–H and O–H groups in total. The van der Waals surface area contributed by atoms with E-state index in [1.807, 2.05) is 0 Å². The van der Waals surface area contributed by atoms with Crippen LogP contribution in [0.3, 0.4) is 0 Å². The number of nitrogens with zero attached hydrogens (tertiary/aromatic N) is 2. The molecule has 0 bridgehead atoms. The number of carbonyl (C=O) groups is 2. The predicted octanol–water partition coefficient (Wildman–Crippen LogP) is 2.40. The third kappa shape index (κ3) is 7.02. The topological polar surface area (TPSA) is 71.1 Å². The number of halogens is 3. The fraction of sp³-hybridized carbons (Fsp3) is 0.895. The molecule has 0 aromatic carbocycles. The van der Waals surface area contributed by atoms with Crippen molar-refractivity contribution in [1.82, 2.24) is 15.1 Å². The van der Waals surface area contributed by atoms with Crippen LogP contribution in [-0.2, 0) is 14.3 Å². The van der Waals surface area contributed by atoms with E-state index in [1.165, 1.54) is 0 Å². The highest BCUT2D eigenvalue weighted by molar-refractivity contribution is 5.78. The molecule has 0 aromatic rings. The SMILES string of the molecule is CCOC(=O)N1CCCC(N2CCC(C(=O)NCC(OC)C(F)(F)F)CC2)CC1. The smallest absolute Gasteiger partial charge is 0.416 e. The van der Waals surface area contributed by atoms with Gasteiger partial charge in [0.05, 0.1) is 13.2 Å². The van der Waals surface area contributed by atoms with Gasteiger partial charge in [0.15, 0.2) is 6.10 Å². The molecule has 2 saturated heterocycles. The second-order valence-electron chi connectivity index (χ2n) is 7.59. The molecular weight excluding hydrogens is 391 g/mol. The van der Waals surface area contributed by atoms with Crippen LogP contribution in [0.2, 0.25) is 0 Å². The number of hydrogen-bond donors (Lipinski definition) is 1. The first kappa shape index (κ1) is 23.7. The summed E-state index contributed by atoms with van der Waals surface area (Å²) in [5.74, 6) is -0.621. The van der Waals surface area contributed by atoms with Crippen molar-refractivity contribution in [2.75, 3.05) is 46.4 Å². The summed E-state index contributed by atoms with van der Waals surface area (Å²) in [4.78, 5) is 28.2. The zero-order valence-electron chi connectivity index (χ0n) is 17.2. The maximum atomic E-state index is 12.7. The number of piperidine rings is 1. The zero-order valence-corrected chi connectivity index (χ0v) is 17.2. The standard InChI is InChI=1S/C19H32F3N3O4/c1-3-29-18(27)25-9-4-5-15(8-12-25)24-10-6-14(7-11-24)17(26)23-13-16(28-2)19(20,21)22/h14-16H,3-13H2,1-2H3,(H,23,26). The van der Waals surface area contributed by atoms with E-state index in [0.29, 0.717) is 38.6 Å². The lowest BCUT2D eigenvalue weighted by atomic mass is 9.93. The van der Waals surface area contributed by atoms with Gasteiger partial charge in [-0.1, -0.05) is 0 Å². The van der Waals surface area contributed by atoms with E-state index in [0.717, 1.165) is 39.5 Å². The van der Waals surface area contributed by atoms with Crippen LogP contribution in [-0.4, -0.2) is 86.6 Å². The molecule has 2 unspecified atom stereocenters. The minimum atomic E-state index is -4.50. The summed E-state index contributed by atoms with van der Waals surface area (Å²) >= 11 is 0. The molecule has 0 saturated carbocycles. The summed E-state index contributed by atoms with van der Waals surface area (Å²) in [6.07, 6.45) is -2.77. The second kappa shape index (κ2) is 11.0. The van der Waals surface area contributed by atoms with Crippen molar-refractivity contribution < 1.29 is 32.2 Å². The Morgan fingerprint density at radius 3 is 2.38 bits per heavy atom.